The fourth-order valence-corrected chi connectivity index (χ4v) is 0.425. The zero-order valence-corrected chi connectivity index (χ0v) is 8.36. The second-order valence-electron chi connectivity index (χ2n) is 3.13. The first-order valence-corrected chi connectivity index (χ1v) is 3.99. The molecule has 0 spiro atoms. The lowest BCUT2D eigenvalue weighted by Crippen LogP contribution is -2.19. The minimum atomic E-state index is -1.08. The van der Waals surface area contributed by atoms with Gasteiger partial charge in [0.2, 0.25) is 0 Å². The average Bonchev–Trinajstić information content (AvgIpc) is 2.25. The lowest BCUT2D eigenvalue weighted by atomic mass is 10.1. The van der Waals surface area contributed by atoms with Gasteiger partial charge in [0.15, 0.2) is 11.1 Å². The monoisotopic (exact) mass is 188 g/mol. The maximum absolute atomic E-state index is 8.74. The number of hydrogen-bond donors (Lipinski definition) is 0. The van der Waals surface area contributed by atoms with Crippen molar-refractivity contribution in [3.05, 3.63) is 25.3 Å². The van der Waals surface area contributed by atoms with Gasteiger partial charge >= 0.3 is 0 Å². The summed E-state index contributed by atoms with van der Waals surface area (Å²) in [6.45, 7) is 10.1. The van der Waals surface area contributed by atoms with Crippen LogP contribution < -0.4 is 0 Å². The van der Waals surface area contributed by atoms with Crippen molar-refractivity contribution in [3.8, 4) is 12.1 Å². The van der Waals surface area contributed by atoms with Gasteiger partial charge in [0.25, 0.3) is 0 Å². The van der Waals surface area contributed by atoms with Crippen LogP contribution in [0.25, 0.3) is 0 Å². The molecule has 14 heavy (non-hydrogen) atoms. The van der Waals surface area contributed by atoms with E-state index in [9.17, 15) is 0 Å². The predicted octanol–water partition coefficient (Wildman–Crippen LogP) is 2.38. The fourth-order valence-electron chi connectivity index (χ4n) is 0.425. The van der Waals surface area contributed by atoms with Crippen molar-refractivity contribution in [1.82, 2.24) is 0 Å². The number of nitriles is 2. The lowest BCUT2D eigenvalue weighted by molar-refractivity contribution is 0.607. The minimum absolute atomic E-state index is 1.08. The summed E-state index contributed by atoms with van der Waals surface area (Å²) in [5.74, 6) is 0. The minimum Gasteiger partial charge on any atom is -0.195 e. The summed E-state index contributed by atoms with van der Waals surface area (Å²) in [4.78, 5) is 0. The van der Waals surface area contributed by atoms with E-state index in [1.54, 1.807) is 13.8 Å². The third kappa shape index (κ3) is 2.84. The molecular formula is C10H12N4. The zero-order chi connectivity index (χ0) is 11.2. The summed E-state index contributed by atoms with van der Waals surface area (Å²) < 4.78 is 0. The molecule has 0 rings (SSSR count). The summed E-state index contributed by atoms with van der Waals surface area (Å²) in [7, 11) is 0. The summed E-state index contributed by atoms with van der Waals surface area (Å²) in [5, 5.41) is 25.0. The molecule has 4 heteroatoms. The van der Waals surface area contributed by atoms with Crippen molar-refractivity contribution in [2.45, 2.75) is 24.9 Å². The second-order valence-corrected chi connectivity index (χ2v) is 3.13. The molecule has 0 aromatic carbocycles. The van der Waals surface area contributed by atoms with Gasteiger partial charge in [0, 0.05) is 0 Å². The maximum Gasteiger partial charge on any atom is 0.182 e. The van der Waals surface area contributed by atoms with Gasteiger partial charge in [-0.3, -0.25) is 0 Å². The van der Waals surface area contributed by atoms with E-state index in [4.69, 9.17) is 10.5 Å². The Morgan fingerprint density at radius 3 is 1.43 bits per heavy atom. The summed E-state index contributed by atoms with van der Waals surface area (Å²) >= 11 is 0. The van der Waals surface area contributed by atoms with Crippen LogP contribution in [0, 0.1) is 22.7 Å². The van der Waals surface area contributed by atoms with Crippen molar-refractivity contribution in [1.29, 1.82) is 10.5 Å². The smallest absolute Gasteiger partial charge is 0.182 e. The van der Waals surface area contributed by atoms with Crippen LogP contribution in [-0.2, 0) is 0 Å². The highest BCUT2D eigenvalue weighted by molar-refractivity contribution is 5.18. The molecule has 0 radical (unpaired) electrons. The Kier molecular flexibility index (Phi) is 3.74. The van der Waals surface area contributed by atoms with Gasteiger partial charge in [0.1, 0.15) is 0 Å². The number of rotatable bonds is 4. The van der Waals surface area contributed by atoms with E-state index in [0.717, 1.165) is 0 Å². The largest absolute Gasteiger partial charge is 0.195 e. The topological polar surface area (TPSA) is 72.3 Å². The SMILES string of the molecule is C=CC(C)(C#N)N=NC(C)(C#N)C=C. The van der Waals surface area contributed by atoms with Gasteiger partial charge in [-0.1, -0.05) is 13.2 Å². The molecule has 0 amide bonds. The Morgan fingerprint density at radius 1 is 1.00 bits per heavy atom. The summed E-state index contributed by atoms with van der Waals surface area (Å²) in [6.07, 6.45) is 2.74. The van der Waals surface area contributed by atoms with E-state index < -0.39 is 11.1 Å². The lowest BCUT2D eigenvalue weighted by Gasteiger charge is -2.12. The Morgan fingerprint density at radius 2 is 1.29 bits per heavy atom. The number of nitrogens with zero attached hydrogens (tertiary/aromatic N) is 4. The molecule has 0 heterocycles. The molecule has 0 aromatic rings. The van der Waals surface area contributed by atoms with Gasteiger partial charge < -0.3 is 0 Å². The first kappa shape index (κ1) is 12.1. The molecule has 0 aromatic heterocycles. The van der Waals surface area contributed by atoms with Crippen LogP contribution >= 0.6 is 0 Å². The molecule has 0 fully saturated rings. The molecule has 72 valence electrons. The molecule has 2 atom stereocenters. The van der Waals surface area contributed by atoms with Crippen LogP contribution in [-0.4, -0.2) is 11.1 Å². The predicted molar refractivity (Wildman–Crippen MR) is 53.3 cm³/mol. The van der Waals surface area contributed by atoms with E-state index in [1.165, 1.54) is 12.2 Å². The van der Waals surface area contributed by atoms with Crippen molar-refractivity contribution >= 4 is 0 Å². The van der Waals surface area contributed by atoms with Crippen LogP contribution in [0.3, 0.4) is 0 Å². The van der Waals surface area contributed by atoms with E-state index in [-0.39, 0.29) is 0 Å². The number of azo groups is 1. The van der Waals surface area contributed by atoms with Crippen molar-refractivity contribution < 1.29 is 0 Å². The Hall–Kier alpha value is -1.94. The number of hydrogen-bond acceptors (Lipinski definition) is 4. The average molecular weight is 188 g/mol. The molecular weight excluding hydrogens is 176 g/mol. The Labute approximate surface area is 83.9 Å². The molecule has 0 bridgehead atoms. The first-order chi connectivity index (χ1) is 6.45. The van der Waals surface area contributed by atoms with Gasteiger partial charge in [0.05, 0.1) is 12.1 Å². The van der Waals surface area contributed by atoms with Gasteiger partial charge in [-0.15, -0.1) is 0 Å². The molecule has 2 unspecified atom stereocenters. The molecule has 0 aliphatic rings. The molecule has 4 nitrogen and oxygen atoms in total. The van der Waals surface area contributed by atoms with Crippen LogP contribution in [0.15, 0.2) is 35.5 Å². The Balaban J connectivity index is 4.94. The van der Waals surface area contributed by atoms with E-state index >= 15 is 0 Å². The molecule has 0 saturated heterocycles. The highest BCUT2D eigenvalue weighted by Gasteiger charge is 2.23. The van der Waals surface area contributed by atoms with E-state index in [0.29, 0.717) is 0 Å². The van der Waals surface area contributed by atoms with Gasteiger partial charge in [-0.25, -0.2) is 0 Å². The van der Waals surface area contributed by atoms with Crippen LogP contribution in [0.4, 0.5) is 0 Å². The summed E-state index contributed by atoms with van der Waals surface area (Å²) in [6, 6.07) is 3.85. The van der Waals surface area contributed by atoms with Gasteiger partial charge in [-0.2, -0.15) is 20.8 Å². The molecule has 0 aliphatic carbocycles. The Bertz CT molecular complexity index is 310. The van der Waals surface area contributed by atoms with Crippen molar-refractivity contribution in [3.63, 3.8) is 0 Å². The zero-order valence-electron chi connectivity index (χ0n) is 8.36. The second kappa shape index (κ2) is 4.34. The molecule has 0 saturated carbocycles. The summed E-state index contributed by atoms with van der Waals surface area (Å²) in [5.41, 5.74) is -2.16. The molecule has 0 aliphatic heterocycles. The quantitative estimate of drug-likeness (QED) is 0.501. The van der Waals surface area contributed by atoms with Crippen molar-refractivity contribution in [2.24, 2.45) is 10.2 Å². The van der Waals surface area contributed by atoms with Gasteiger partial charge in [-0.05, 0) is 26.0 Å². The first-order valence-electron chi connectivity index (χ1n) is 3.99. The molecule has 0 N–H and O–H groups in total. The standard InChI is InChI=1S/C10H12N4/c1-5-9(3,7-11)13-14-10(4,6-2)8-12/h5-6H,1-2H2,3-4H3. The van der Waals surface area contributed by atoms with E-state index in [2.05, 4.69) is 23.4 Å². The van der Waals surface area contributed by atoms with Crippen molar-refractivity contribution in [2.75, 3.05) is 0 Å². The highest BCUT2D eigenvalue weighted by Crippen LogP contribution is 2.16. The van der Waals surface area contributed by atoms with Crippen LogP contribution in [0.2, 0.25) is 0 Å². The fraction of sp³-hybridized carbons (Fsp3) is 0.400. The van der Waals surface area contributed by atoms with Crippen LogP contribution in [0.1, 0.15) is 13.8 Å². The normalized spacial score (nSPS) is 18.6. The highest BCUT2D eigenvalue weighted by atomic mass is 15.2. The third-order valence-electron chi connectivity index (χ3n) is 1.71. The van der Waals surface area contributed by atoms with Crippen LogP contribution in [0.5, 0.6) is 0 Å². The maximum atomic E-state index is 8.74. The van der Waals surface area contributed by atoms with E-state index in [1.807, 2.05) is 12.1 Å². The third-order valence-corrected chi connectivity index (χ3v) is 1.71.